The number of fused-ring (bicyclic) bond motifs is 1. The van der Waals surface area contributed by atoms with E-state index < -0.39 is 0 Å². The van der Waals surface area contributed by atoms with E-state index in [2.05, 4.69) is 18.2 Å². The SMILES string of the molecule is Oc1cccc2cc(-c3ccccc3)c(-c3ccccc3)nc12. The molecule has 0 bridgehead atoms. The van der Waals surface area contributed by atoms with E-state index in [4.69, 9.17) is 4.98 Å². The lowest BCUT2D eigenvalue weighted by Gasteiger charge is -2.12. The summed E-state index contributed by atoms with van der Waals surface area (Å²) in [6.07, 6.45) is 0. The minimum absolute atomic E-state index is 0.208. The highest BCUT2D eigenvalue weighted by atomic mass is 16.3. The van der Waals surface area contributed by atoms with Crippen molar-refractivity contribution in [1.29, 1.82) is 0 Å². The van der Waals surface area contributed by atoms with Gasteiger partial charge >= 0.3 is 0 Å². The van der Waals surface area contributed by atoms with Crippen molar-refractivity contribution in [3.05, 3.63) is 84.9 Å². The summed E-state index contributed by atoms with van der Waals surface area (Å²) < 4.78 is 0. The number of nitrogens with zero attached hydrogens (tertiary/aromatic N) is 1. The molecule has 1 aromatic heterocycles. The Balaban J connectivity index is 2.07. The number of aromatic hydroxyl groups is 1. The number of hydrogen-bond acceptors (Lipinski definition) is 2. The smallest absolute Gasteiger partial charge is 0.141 e. The normalized spacial score (nSPS) is 10.8. The minimum Gasteiger partial charge on any atom is -0.506 e. The number of para-hydroxylation sites is 1. The quantitative estimate of drug-likeness (QED) is 0.546. The third-order valence-corrected chi connectivity index (χ3v) is 3.96. The molecule has 4 aromatic rings. The molecular weight excluding hydrogens is 282 g/mol. The van der Waals surface area contributed by atoms with Crippen molar-refractivity contribution in [3.8, 4) is 28.1 Å². The molecule has 0 saturated heterocycles. The Hall–Kier alpha value is -3.13. The molecule has 4 rings (SSSR count). The highest BCUT2D eigenvalue weighted by Gasteiger charge is 2.12. The van der Waals surface area contributed by atoms with Gasteiger partial charge in [0.25, 0.3) is 0 Å². The molecule has 1 N–H and O–H groups in total. The van der Waals surface area contributed by atoms with Crippen molar-refractivity contribution in [2.24, 2.45) is 0 Å². The van der Waals surface area contributed by atoms with Crippen molar-refractivity contribution >= 4 is 10.9 Å². The molecule has 0 saturated carbocycles. The van der Waals surface area contributed by atoms with Gasteiger partial charge in [0.2, 0.25) is 0 Å². The Morgan fingerprint density at radius 1 is 0.652 bits per heavy atom. The van der Waals surface area contributed by atoms with Gasteiger partial charge < -0.3 is 5.11 Å². The van der Waals surface area contributed by atoms with Crippen molar-refractivity contribution < 1.29 is 5.11 Å². The Kier molecular flexibility index (Phi) is 3.28. The van der Waals surface area contributed by atoms with Crippen LogP contribution in [-0.2, 0) is 0 Å². The number of aromatic nitrogens is 1. The second kappa shape index (κ2) is 5.58. The molecule has 2 nitrogen and oxygen atoms in total. The van der Waals surface area contributed by atoms with Crippen LogP contribution in [0.5, 0.6) is 5.75 Å². The van der Waals surface area contributed by atoms with Crippen molar-refractivity contribution in [1.82, 2.24) is 4.98 Å². The lowest BCUT2D eigenvalue weighted by atomic mass is 9.97. The molecule has 0 spiro atoms. The van der Waals surface area contributed by atoms with Gasteiger partial charge in [0.05, 0.1) is 5.69 Å². The zero-order chi connectivity index (χ0) is 15.6. The zero-order valence-electron chi connectivity index (χ0n) is 12.5. The first kappa shape index (κ1) is 13.5. The largest absolute Gasteiger partial charge is 0.506 e. The number of benzene rings is 3. The molecule has 0 fully saturated rings. The summed E-state index contributed by atoms with van der Waals surface area (Å²) in [5, 5.41) is 11.1. The third-order valence-electron chi connectivity index (χ3n) is 3.96. The van der Waals surface area contributed by atoms with E-state index in [1.165, 1.54) is 0 Å². The van der Waals surface area contributed by atoms with Gasteiger partial charge in [-0.15, -0.1) is 0 Å². The molecule has 110 valence electrons. The summed E-state index contributed by atoms with van der Waals surface area (Å²) in [5.41, 5.74) is 4.73. The Morgan fingerprint density at radius 3 is 2.00 bits per heavy atom. The number of phenols is 1. The van der Waals surface area contributed by atoms with Crippen molar-refractivity contribution in [2.45, 2.75) is 0 Å². The minimum atomic E-state index is 0.208. The van der Waals surface area contributed by atoms with E-state index in [1.807, 2.05) is 60.7 Å². The van der Waals surface area contributed by atoms with Crippen LogP contribution in [0.3, 0.4) is 0 Å². The van der Waals surface area contributed by atoms with Gasteiger partial charge in [-0.3, -0.25) is 0 Å². The van der Waals surface area contributed by atoms with Gasteiger partial charge in [0.15, 0.2) is 0 Å². The van der Waals surface area contributed by atoms with E-state index in [1.54, 1.807) is 6.07 Å². The fourth-order valence-corrected chi connectivity index (χ4v) is 2.84. The fourth-order valence-electron chi connectivity index (χ4n) is 2.84. The number of rotatable bonds is 2. The second-order valence-electron chi connectivity index (χ2n) is 5.47. The van der Waals surface area contributed by atoms with Crippen molar-refractivity contribution in [3.63, 3.8) is 0 Å². The number of pyridine rings is 1. The van der Waals surface area contributed by atoms with Gasteiger partial charge in [0, 0.05) is 16.5 Å². The number of hydrogen-bond donors (Lipinski definition) is 1. The predicted octanol–water partition coefficient (Wildman–Crippen LogP) is 5.27. The van der Waals surface area contributed by atoms with Gasteiger partial charge in [-0.05, 0) is 17.7 Å². The van der Waals surface area contributed by atoms with E-state index >= 15 is 0 Å². The predicted molar refractivity (Wildman–Crippen MR) is 94.3 cm³/mol. The van der Waals surface area contributed by atoms with E-state index in [0.717, 1.165) is 27.8 Å². The summed E-state index contributed by atoms with van der Waals surface area (Å²) in [4.78, 5) is 4.77. The van der Waals surface area contributed by atoms with Crippen LogP contribution in [0, 0.1) is 0 Å². The van der Waals surface area contributed by atoms with Crippen LogP contribution in [0.2, 0.25) is 0 Å². The Morgan fingerprint density at radius 2 is 1.30 bits per heavy atom. The van der Waals surface area contributed by atoms with Crippen molar-refractivity contribution in [2.75, 3.05) is 0 Å². The number of phenolic OH excluding ortho intramolecular Hbond substituents is 1. The highest BCUT2D eigenvalue weighted by molar-refractivity contribution is 5.94. The van der Waals surface area contributed by atoms with Gasteiger partial charge in [0.1, 0.15) is 11.3 Å². The molecule has 23 heavy (non-hydrogen) atoms. The highest BCUT2D eigenvalue weighted by Crippen LogP contribution is 2.35. The van der Waals surface area contributed by atoms with Gasteiger partial charge in [-0.1, -0.05) is 72.8 Å². The lowest BCUT2D eigenvalue weighted by Crippen LogP contribution is -1.91. The summed E-state index contributed by atoms with van der Waals surface area (Å²) in [6.45, 7) is 0. The first-order valence-corrected chi connectivity index (χ1v) is 7.56. The average molecular weight is 297 g/mol. The molecule has 0 aliphatic rings. The molecule has 1 heterocycles. The molecular formula is C21H15NO. The Labute approximate surface area is 134 Å². The van der Waals surface area contributed by atoms with E-state index in [-0.39, 0.29) is 5.75 Å². The fraction of sp³-hybridized carbons (Fsp3) is 0. The summed E-state index contributed by atoms with van der Waals surface area (Å²) in [7, 11) is 0. The monoisotopic (exact) mass is 297 g/mol. The van der Waals surface area contributed by atoms with Crippen LogP contribution in [0.1, 0.15) is 0 Å². The van der Waals surface area contributed by atoms with Gasteiger partial charge in [-0.2, -0.15) is 0 Å². The maximum absolute atomic E-state index is 10.1. The molecule has 0 radical (unpaired) electrons. The van der Waals surface area contributed by atoms with Crippen LogP contribution >= 0.6 is 0 Å². The molecule has 2 heteroatoms. The standard InChI is InChI=1S/C21H15NO/c23-19-13-7-12-17-14-18(15-8-3-1-4-9-15)20(22-21(17)19)16-10-5-2-6-11-16/h1-14,23H. The molecule has 0 aliphatic carbocycles. The van der Waals surface area contributed by atoms with Crippen LogP contribution < -0.4 is 0 Å². The van der Waals surface area contributed by atoms with Crippen LogP contribution in [0.4, 0.5) is 0 Å². The topological polar surface area (TPSA) is 33.1 Å². The first-order chi connectivity index (χ1) is 11.3. The maximum atomic E-state index is 10.1. The molecule has 0 aliphatic heterocycles. The summed E-state index contributed by atoms with van der Waals surface area (Å²) in [6, 6.07) is 27.9. The zero-order valence-corrected chi connectivity index (χ0v) is 12.5. The molecule has 0 atom stereocenters. The maximum Gasteiger partial charge on any atom is 0.141 e. The average Bonchev–Trinajstić information content (AvgIpc) is 2.63. The summed E-state index contributed by atoms with van der Waals surface area (Å²) >= 11 is 0. The summed E-state index contributed by atoms with van der Waals surface area (Å²) in [5.74, 6) is 0.208. The second-order valence-corrected chi connectivity index (χ2v) is 5.47. The molecule has 0 unspecified atom stereocenters. The van der Waals surface area contributed by atoms with Crippen LogP contribution in [-0.4, -0.2) is 10.1 Å². The van der Waals surface area contributed by atoms with Gasteiger partial charge in [-0.25, -0.2) is 4.98 Å². The van der Waals surface area contributed by atoms with Crippen LogP contribution in [0.15, 0.2) is 84.9 Å². The van der Waals surface area contributed by atoms with E-state index in [9.17, 15) is 5.11 Å². The van der Waals surface area contributed by atoms with E-state index in [0.29, 0.717) is 5.52 Å². The molecule has 0 amide bonds. The first-order valence-electron chi connectivity index (χ1n) is 7.56. The Bertz CT molecular complexity index is 963. The van der Waals surface area contributed by atoms with Crippen LogP contribution in [0.25, 0.3) is 33.3 Å². The lowest BCUT2D eigenvalue weighted by molar-refractivity contribution is 0.480. The molecule has 3 aromatic carbocycles. The third kappa shape index (κ3) is 2.44.